The monoisotopic (exact) mass is 502 g/mol. The Bertz CT molecular complexity index is 1290. The van der Waals surface area contributed by atoms with Crippen LogP contribution in [0.5, 0.6) is 5.88 Å². The van der Waals surface area contributed by atoms with E-state index in [9.17, 15) is 0 Å². The van der Waals surface area contributed by atoms with E-state index < -0.39 is 6.04 Å². The summed E-state index contributed by atoms with van der Waals surface area (Å²) in [5.74, 6) is 0.581. The number of rotatable bonds is 10. The van der Waals surface area contributed by atoms with Gasteiger partial charge in [0.25, 0.3) is 5.88 Å². The molecule has 2 heterocycles. The highest BCUT2D eigenvalue weighted by Gasteiger charge is 2.25. The number of hydrogen-bond acceptors (Lipinski definition) is 7. The van der Waals surface area contributed by atoms with Crippen molar-refractivity contribution >= 4 is 39.9 Å². The van der Waals surface area contributed by atoms with Crippen LogP contribution in [0.2, 0.25) is 10.0 Å². The molecule has 11 heteroatoms. The van der Waals surface area contributed by atoms with E-state index in [0.717, 1.165) is 16.5 Å². The van der Waals surface area contributed by atoms with E-state index in [-0.39, 0.29) is 25.0 Å². The molecule has 2 aromatic carbocycles. The van der Waals surface area contributed by atoms with E-state index in [1.165, 1.54) is 0 Å². The number of benzene rings is 2. The molecular formula is C23H24Cl2N6O3. The summed E-state index contributed by atoms with van der Waals surface area (Å²) in [5.41, 5.74) is 16.1. The normalized spacial score (nSPS) is 13.1. The van der Waals surface area contributed by atoms with Crippen molar-refractivity contribution in [1.82, 2.24) is 20.4 Å². The van der Waals surface area contributed by atoms with Crippen LogP contribution in [0.15, 0.2) is 54.4 Å². The SMILES string of the molecule is CCOCOc1n[nH]nc1C(N)C(N)=C(OCc1ccc(Cl)cc1)c1c[nH]c2ccc(Cl)cc12. The smallest absolute Gasteiger partial charge is 0.260 e. The second-order valence-electron chi connectivity index (χ2n) is 7.34. The molecule has 1 unspecified atom stereocenters. The van der Waals surface area contributed by atoms with Crippen molar-refractivity contribution < 1.29 is 14.2 Å². The maximum Gasteiger partial charge on any atom is 0.260 e. The third-order valence-electron chi connectivity index (χ3n) is 5.10. The van der Waals surface area contributed by atoms with Gasteiger partial charge in [-0.1, -0.05) is 35.3 Å². The number of aromatic nitrogens is 4. The standard InChI is InChI=1S/C23H24Cl2N6O3/c1-2-32-12-34-23-21(29-31-30-23)19(26)20(27)22(33-11-13-3-5-14(24)6-4-13)17-10-28-18-8-7-15(25)9-16(17)18/h3-10,19,28H,2,11-12,26-27H2,1H3,(H,29,30,31). The van der Waals surface area contributed by atoms with Crippen molar-refractivity contribution in [2.75, 3.05) is 13.4 Å². The number of fused-ring (bicyclic) bond motifs is 1. The first-order valence-corrected chi connectivity index (χ1v) is 11.2. The van der Waals surface area contributed by atoms with Gasteiger partial charge in [-0.15, -0.1) is 5.10 Å². The second-order valence-corrected chi connectivity index (χ2v) is 8.21. The summed E-state index contributed by atoms with van der Waals surface area (Å²) >= 11 is 12.3. The van der Waals surface area contributed by atoms with E-state index >= 15 is 0 Å². The van der Waals surface area contributed by atoms with Crippen molar-refractivity contribution in [2.24, 2.45) is 11.5 Å². The highest BCUT2D eigenvalue weighted by Crippen LogP contribution is 2.33. The molecule has 178 valence electrons. The van der Waals surface area contributed by atoms with Gasteiger partial charge in [0.15, 0.2) is 6.79 Å². The first-order chi connectivity index (χ1) is 16.5. The van der Waals surface area contributed by atoms with Crippen molar-refractivity contribution in [2.45, 2.75) is 19.6 Å². The zero-order chi connectivity index (χ0) is 24.1. The van der Waals surface area contributed by atoms with Crippen molar-refractivity contribution in [3.63, 3.8) is 0 Å². The lowest BCUT2D eigenvalue weighted by Crippen LogP contribution is -2.22. The summed E-state index contributed by atoms with van der Waals surface area (Å²) in [6, 6.07) is 12.0. The number of nitrogens with two attached hydrogens (primary N) is 2. The fourth-order valence-electron chi connectivity index (χ4n) is 3.34. The van der Waals surface area contributed by atoms with Crippen LogP contribution in [-0.4, -0.2) is 33.8 Å². The number of H-pyrrole nitrogens is 2. The molecule has 2 aromatic heterocycles. The second kappa shape index (κ2) is 10.8. The molecule has 0 amide bonds. The Hall–Kier alpha value is -3.24. The molecule has 9 nitrogen and oxygen atoms in total. The molecule has 34 heavy (non-hydrogen) atoms. The molecular weight excluding hydrogens is 479 g/mol. The fraction of sp³-hybridized carbons (Fsp3) is 0.217. The first kappa shape index (κ1) is 23.9. The van der Waals surface area contributed by atoms with Crippen LogP contribution in [0.1, 0.15) is 29.8 Å². The Morgan fingerprint density at radius 2 is 1.85 bits per heavy atom. The fourth-order valence-corrected chi connectivity index (χ4v) is 3.64. The lowest BCUT2D eigenvalue weighted by Gasteiger charge is -2.18. The summed E-state index contributed by atoms with van der Waals surface area (Å²) in [5, 5.41) is 12.7. The van der Waals surface area contributed by atoms with Gasteiger partial charge in [-0.25, -0.2) is 0 Å². The van der Waals surface area contributed by atoms with Crippen LogP contribution >= 0.6 is 23.2 Å². The molecule has 0 aliphatic heterocycles. The Morgan fingerprint density at radius 1 is 1.09 bits per heavy atom. The van der Waals surface area contributed by atoms with Gasteiger partial charge < -0.3 is 30.7 Å². The minimum absolute atomic E-state index is 0.00719. The number of hydrogen-bond donors (Lipinski definition) is 4. The number of aromatic amines is 2. The predicted octanol–water partition coefficient (Wildman–Crippen LogP) is 4.51. The zero-order valence-electron chi connectivity index (χ0n) is 18.3. The highest BCUT2D eigenvalue weighted by molar-refractivity contribution is 6.31. The minimum Gasteiger partial charge on any atom is -0.486 e. The zero-order valence-corrected chi connectivity index (χ0v) is 19.9. The van der Waals surface area contributed by atoms with Gasteiger partial charge in [0.05, 0.1) is 11.7 Å². The molecule has 0 bridgehead atoms. The number of nitrogens with one attached hydrogen (secondary N) is 2. The average Bonchev–Trinajstić information content (AvgIpc) is 3.47. The summed E-state index contributed by atoms with van der Waals surface area (Å²) in [6.45, 7) is 2.59. The van der Waals surface area contributed by atoms with Crippen LogP contribution in [0, 0.1) is 0 Å². The minimum atomic E-state index is -0.875. The molecule has 4 aromatic rings. The Labute approximate surface area is 206 Å². The maximum atomic E-state index is 6.58. The maximum absolute atomic E-state index is 6.58. The predicted molar refractivity (Wildman–Crippen MR) is 131 cm³/mol. The van der Waals surface area contributed by atoms with Gasteiger partial charge in [0.2, 0.25) is 0 Å². The third kappa shape index (κ3) is 5.28. The Morgan fingerprint density at radius 3 is 2.62 bits per heavy atom. The summed E-state index contributed by atoms with van der Waals surface area (Å²) in [4.78, 5) is 3.21. The van der Waals surface area contributed by atoms with Crippen molar-refractivity contribution in [3.05, 3.63) is 81.2 Å². The van der Waals surface area contributed by atoms with Gasteiger partial charge >= 0.3 is 0 Å². The number of nitrogens with zero attached hydrogens (tertiary/aromatic N) is 2. The molecule has 0 spiro atoms. The highest BCUT2D eigenvalue weighted by atomic mass is 35.5. The van der Waals surface area contributed by atoms with Crippen molar-refractivity contribution in [1.29, 1.82) is 0 Å². The molecule has 0 radical (unpaired) electrons. The molecule has 0 saturated carbocycles. The van der Waals surface area contributed by atoms with Gasteiger partial charge in [0.1, 0.15) is 18.1 Å². The number of ether oxygens (including phenoxy) is 3. The molecule has 0 fully saturated rings. The van der Waals surface area contributed by atoms with E-state index in [1.807, 2.05) is 31.2 Å². The Balaban J connectivity index is 1.72. The van der Waals surface area contributed by atoms with Gasteiger partial charge in [-0.2, -0.15) is 10.3 Å². The van der Waals surface area contributed by atoms with Crippen molar-refractivity contribution in [3.8, 4) is 5.88 Å². The van der Waals surface area contributed by atoms with E-state index in [2.05, 4.69) is 20.4 Å². The van der Waals surface area contributed by atoms with Gasteiger partial charge in [-0.3, -0.25) is 0 Å². The largest absolute Gasteiger partial charge is 0.486 e. The van der Waals surface area contributed by atoms with Gasteiger partial charge in [-0.05, 0) is 42.8 Å². The molecule has 0 aliphatic carbocycles. The molecule has 1 atom stereocenters. The third-order valence-corrected chi connectivity index (χ3v) is 5.59. The lowest BCUT2D eigenvalue weighted by molar-refractivity contribution is 0.0189. The summed E-state index contributed by atoms with van der Waals surface area (Å²) in [7, 11) is 0. The van der Waals surface area contributed by atoms with E-state index in [0.29, 0.717) is 33.7 Å². The quantitative estimate of drug-likeness (QED) is 0.142. The van der Waals surface area contributed by atoms with Gasteiger partial charge in [0, 0.05) is 39.3 Å². The van der Waals surface area contributed by atoms with Crippen LogP contribution in [0.3, 0.4) is 0 Å². The molecule has 0 aliphatic rings. The van der Waals surface area contributed by atoms with Crippen LogP contribution in [-0.2, 0) is 16.1 Å². The molecule has 0 saturated heterocycles. The molecule has 4 rings (SSSR count). The Kier molecular flexibility index (Phi) is 7.59. The number of halogens is 2. The lowest BCUT2D eigenvalue weighted by atomic mass is 10.1. The topological polar surface area (TPSA) is 137 Å². The van der Waals surface area contributed by atoms with E-state index in [4.69, 9.17) is 48.9 Å². The molecule has 6 N–H and O–H groups in total. The van der Waals surface area contributed by atoms with Crippen LogP contribution < -0.4 is 16.2 Å². The van der Waals surface area contributed by atoms with E-state index in [1.54, 1.807) is 24.4 Å². The average molecular weight is 503 g/mol. The summed E-state index contributed by atoms with van der Waals surface area (Å²) < 4.78 is 17.0. The van der Waals surface area contributed by atoms with Crippen LogP contribution in [0.4, 0.5) is 0 Å². The van der Waals surface area contributed by atoms with Crippen LogP contribution in [0.25, 0.3) is 16.7 Å². The summed E-state index contributed by atoms with van der Waals surface area (Å²) in [6.07, 6.45) is 1.80. The first-order valence-electron chi connectivity index (χ1n) is 10.5.